The molecule has 0 radical (unpaired) electrons. The van der Waals surface area contributed by atoms with Crippen LogP contribution in [0.25, 0.3) is 56.4 Å². The van der Waals surface area contributed by atoms with Gasteiger partial charge in [-0.3, -0.25) is 15.0 Å². The molecule has 0 saturated carbocycles. The summed E-state index contributed by atoms with van der Waals surface area (Å²) >= 11 is 0. The van der Waals surface area contributed by atoms with Gasteiger partial charge in [0.15, 0.2) is 0 Å². The van der Waals surface area contributed by atoms with Gasteiger partial charge in [0.2, 0.25) is 0 Å². The minimum Gasteiger partial charge on any atom is -0.368 e. The molecule has 6 heteroatoms. The van der Waals surface area contributed by atoms with Gasteiger partial charge in [-0.15, -0.1) is 0 Å². The van der Waals surface area contributed by atoms with Crippen molar-refractivity contribution in [3.05, 3.63) is 152 Å². The van der Waals surface area contributed by atoms with Crippen LogP contribution in [0.1, 0.15) is 11.7 Å². The van der Waals surface area contributed by atoms with Crippen molar-refractivity contribution >= 4 is 0 Å². The maximum atomic E-state index is 5.06. The molecule has 43 heavy (non-hydrogen) atoms. The summed E-state index contributed by atoms with van der Waals surface area (Å²) in [7, 11) is 2.07. The molecule has 6 aromatic rings. The zero-order valence-corrected chi connectivity index (χ0v) is 23.6. The van der Waals surface area contributed by atoms with Crippen LogP contribution in [0.4, 0.5) is 0 Å². The maximum absolute atomic E-state index is 5.06. The summed E-state index contributed by atoms with van der Waals surface area (Å²) in [5.74, 6) is 0. The Kier molecular flexibility index (Phi) is 7.07. The molecule has 0 aliphatic carbocycles. The number of likely N-dealkylation sites (N-methyl/N-ethyl adjacent to an activating group) is 1. The highest BCUT2D eigenvalue weighted by Crippen LogP contribution is 2.34. The number of pyridine rings is 5. The van der Waals surface area contributed by atoms with E-state index in [1.807, 2.05) is 60.7 Å². The van der Waals surface area contributed by atoms with Gasteiger partial charge in [0.1, 0.15) is 0 Å². The van der Waals surface area contributed by atoms with Crippen molar-refractivity contribution in [3.63, 3.8) is 0 Å². The van der Waals surface area contributed by atoms with E-state index in [1.165, 1.54) is 0 Å². The molecule has 1 aromatic carbocycles. The highest BCUT2D eigenvalue weighted by atomic mass is 15.1. The second kappa shape index (κ2) is 11.6. The van der Waals surface area contributed by atoms with Gasteiger partial charge in [0.05, 0.1) is 45.9 Å². The third-order valence-electron chi connectivity index (χ3n) is 7.45. The van der Waals surface area contributed by atoms with Gasteiger partial charge in [-0.1, -0.05) is 48.6 Å². The smallest absolute Gasteiger partial charge is 0.0900 e. The van der Waals surface area contributed by atoms with Crippen molar-refractivity contribution in [1.29, 1.82) is 0 Å². The first-order valence-electron chi connectivity index (χ1n) is 14.2. The largest absolute Gasteiger partial charge is 0.368 e. The van der Waals surface area contributed by atoms with E-state index in [-0.39, 0.29) is 6.04 Å². The second-order valence-corrected chi connectivity index (χ2v) is 10.4. The number of allylic oxidation sites excluding steroid dienone is 2. The van der Waals surface area contributed by atoms with Crippen LogP contribution in [0.2, 0.25) is 0 Å². The number of aromatic nitrogens is 5. The minimum absolute atomic E-state index is 0.0256. The first-order chi connectivity index (χ1) is 21.2. The Bertz CT molecular complexity index is 1880. The molecule has 6 heterocycles. The molecule has 0 spiro atoms. The Morgan fingerprint density at radius 3 is 1.53 bits per heavy atom. The minimum atomic E-state index is 0.0256. The number of hydrogen-bond acceptors (Lipinski definition) is 6. The summed E-state index contributed by atoms with van der Waals surface area (Å²) < 4.78 is 0. The van der Waals surface area contributed by atoms with E-state index in [0.29, 0.717) is 0 Å². The van der Waals surface area contributed by atoms with E-state index in [4.69, 9.17) is 9.97 Å². The topological polar surface area (TPSA) is 67.7 Å². The van der Waals surface area contributed by atoms with E-state index >= 15 is 0 Å². The fourth-order valence-corrected chi connectivity index (χ4v) is 5.27. The van der Waals surface area contributed by atoms with Crippen LogP contribution in [0.5, 0.6) is 0 Å². The molecule has 0 bridgehead atoms. The highest BCUT2D eigenvalue weighted by molar-refractivity contribution is 5.79. The predicted molar refractivity (Wildman–Crippen MR) is 171 cm³/mol. The zero-order chi connectivity index (χ0) is 29.0. The lowest BCUT2D eigenvalue weighted by Gasteiger charge is -2.26. The summed E-state index contributed by atoms with van der Waals surface area (Å²) in [4.78, 5) is 25.9. The van der Waals surface area contributed by atoms with Gasteiger partial charge in [0.25, 0.3) is 0 Å². The van der Waals surface area contributed by atoms with E-state index < -0.39 is 0 Å². The molecule has 1 atom stereocenters. The van der Waals surface area contributed by atoms with Crippen LogP contribution in [0, 0.1) is 0 Å². The Hall–Kier alpha value is -5.75. The van der Waals surface area contributed by atoms with E-state index in [2.05, 4.69) is 93.8 Å². The van der Waals surface area contributed by atoms with Crippen LogP contribution in [-0.2, 0) is 0 Å². The SMILES string of the molecule is CN1C=CC=CC1c1cc(-c2cccc(-c3cc(-c4ccccn4)nc(-c4ccccn4)c3)c2)cc(-c2ccccn2)n1. The average molecular weight is 557 g/mol. The Labute approximate surface area is 250 Å². The maximum Gasteiger partial charge on any atom is 0.0900 e. The van der Waals surface area contributed by atoms with Gasteiger partial charge in [-0.05, 0) is 101 Å². The summed E-state index contributed by atoms with van der Waals surface area (Å²) in [5.41, 5.74) is 10.2. The average Bonchev–Trinajstić information content (AvgIpc) is 3.09. The summed E-state index contributed by atoms with van der Waals surface area (Å²) in [6, 6.07) is 34.8. The standard InChI is InChI=1S/C37H28N6/c1-43-20-9-5-16-37(43)36-25-29(24-35(42-36)32-15-4-8-19-40-32)27-12-10-11-26(21-27)28-22-33(30-13-2-6-17-38-30)41-34(23-28)31-14-3-7-18-39-31/h2-25,37H,1H3. The fraction of sp³-hybridized carbons (Fsp3) is 0.0541. The Morgan fingerprint density at radius 1 is 0.488 bits per heavy atom. The van der Waals surface area contributed by atoms with Crippen LogP contribution in [-0.4, -0.2) is 36.9 Å². The molecule has 206 valence electrons. The molecule has 1 aliphatic rings. The lowest BCUT2D eigenvalue weighted by atomic mass is 9.96. The van der Waals surface area contributed by atoms with Gasteiger partial charge < -0.3 is 4.90 Å². The predicted octanol–water partition coefficient (Wildman–Crippen LogP) is 8.05. The number of benzene rings is 1. The second-order valence-electron chi connectivity index (χ2n) is 10.4. The van der Waals surface area contributed by atoms with Crippen LogP contribution in [0.15, 0.2) is 146 Å². The molecule has 1 aliphatic heterocycles. The quantitative estimate of drug-likeness (QED) is 0.207. The van der Waals surface area contributed by atoms with Gasteiger partial charge in [0, 0.05) is 25.6 Å². The molecule has 0 saturated heterocycles. The normalized spacial score (nSPS) is 14.2. The third-order valence-corrected chi connectivity index (χ3v) is 7.45. The van der Waals surface area contributed by atoms with Crippen molar-refractivity contribution in [2.24, 2.45) is 0 Å². The lowest BCUT2D eigenvalue weighted by molar-refractivity contribution is 0.383. The molecule has 7 rings (SSSR count). The number of rotatable bonds is 6. The van der Waals surface area contributed by atoms with Gasteiger partial charge in [-0.25, -0.2) is 9.97 Å². The van der Waals surface area contributed by atoms with Crippen LogP contribution >= 0.6 is 0 Å². The Balaban J connectivity index is 1.36. The molecule has 6 nitrogen and oxygen atoms in total. The first kappa shape index (κ1) is 26.2. The Morgan fingerprint density at radius 2 is 1.02 bits per heavy atom. The van der Waals surface area contributed by atoms with Gasteiger partial charge in [-0.2, -0.15) is 0 Å². The molecule has 1 unspecified atom stereocenters. The fourth-order valence-electron chi connectivity index (χ4n) is 5.27. The molecular formula is C37H28N6. The molecule has 0 N–H and O–H groups in total. The summed E-state index contributed by atoms with van der Waals surface area (Å²) in [6.07, 6.45) is 13.7. The van der Waals surface area contributed by atoms with Crippen molar-refractivity contribution in [2.75, 3.05) is 7.05 Å². The first-order valence-corrected chi connectivity index (χ1v) is 14.2. The van der Waals surface area contributed by atoms with E-state index in [1.54, 1.807) is 18.6 Å². The molecule has 5 aromatic heterocycles. The van der Waals surface area contributed by atoms with E-state index in [9.17, 15) is 0 Å². The van der Waals surface area contributed by atoms with Crippen molar-refractivity contribution < 1.29 is 0 Å². The lowest BCUT2D eigenvalue weighted by Crippen LogP contribution is -2.20. The van der Waals surface area contributed by atoms with Crippen molar-refractivity contribution in [3.8, 4) is 56.4 Å². The third kappa shape index (κ3) is 5.59. The van der Waals surface area contributed by atoms with Crippen LogP contribution in [0.3, 0.4) is 0 Å². The summed E-state index contributed by atoms with van der Waals surface area (Å²) in [5, 5.41) is 0. The van der Waals surface area contributed by atoms with Gasteiger partial charge >= 0.3 is 0 Å². The number of hydrogen-bond donors (Lipinski definition) is 0. The van der Waals surface area contributed by atoms with Crippen molar-refractivity contribution in [2.45, 2.75) is 6.04 Å². The monoisotopic (exact) mass is 556 g/mol. The molecular weight excluding hydrogens is 528 g/mol. The summed E-state index contributed by atoms with van der Waals surface area (Å²) in [6.45, 7) is 0. The highest BCUT2D eigenvalue weighted by Gasteiger charge is 2.18. The zero-order valence-electron chi connectivity index (χ0n) is 23.6. The molecule has 0 fully saturated rings. The van der Waals surface area contributed by atoms with Crippen molar-refractivity contribution in [1.82, 2.24) is 29.8 Å². The van der Waals surface area contributed by atoms with E-state index in [0.717, 1.165) is 62.1 Å². The molecule has 0 amide bonds. The van der Waals surface area contributed by atoms with Crippen LogP contribution < -0.4 is 0 Å². The number of nitrogens with zero attached hydrogens (tertiary/aromatic N) is 6.